The Kier molecular flexibility index (Phi) is 6.45. The number of likely N-dealkylation sites (tertiary alicyclic amines) is 1. The van der Waals surface area contributed by atoms with E-state index in [2.05, 4.69) is 22.2 Å². The summed E-state index contributed by atoms with van der Waals surface area (Å²) in [6.07, 6.45) is 4.26. The van der Waals surface area contributed by atoms with Gasteiger partial charge in [-0.3, -0.25) is 14.5 Å². The average Bonchev–Trinajstić information content (AvgIpc) is 3.34. The van der Waals surface area contributed by atoms with Crippen LogP contribution in [-0.4, -0.2) is 46.9 Å². The van der Waals surface area contributed by atoms with Crippen LogP contribution in [0, 0.1) is 0 Å². The van der Waals surface area contributed by atoms with Gasteiger partial charge in [-0.1, -0.05) is 24.8 Å². The number of carbonyl (C=O) groups is 3. The topological polar surface area (TPSA) is 104 Å². The van der Waals surface area contributed by atoms with E-state index in [0.29, 0.717) is 58.5 Å². The number of piperidine rings is 1. The Labute approximate surface area is 228 Å². The lowest BCUT2D eigenvalue weighted by Crippen LogP contribution is -2.46. The fourth-order valence-electron chi connectivity index (χ4n) is 4.91. The van der Waals surface area contributed by atoms with Crippen molar-refractivity contribution >= 4 is 56.5 Å². The molecule has 10 heteroatoms. The lowest BCUT2D eigenvalue weighted by Gasteiger charge is -2.32. The fourth-order valence-corrected chi connectivity index (χ4v) is 5.94. The molecule has 1 fully saturated rings. The Morgan fingerprint density at radius 1 is 1.05 bits per heavy atom. The molecule has 0 spiro atoms. The maximum Gasteiger partial charge on any atom is 0.331 e. The van der Waals surface area contributed by atoms with Gasteiger partial charge < -0.3 is 20.3 Å². The summed E-state index contributed by atoms with van der Waals surface area (Å²) in [5.41, 5.74) is 1.78. The molecular weight excluding hydrogens is 514 g/mol. The molecule has 0 atom stereocenters. The summed E-state index contributed by atoms with van der Waals surface area (Å²) >= 11 is 1.25. The second-order valence-electron chi connectivity index (χ2n) is 9.27. The molecule has 0 unspecified atom stereocenters. The molecule has 0 bridgehead atoms. The van der Waals surface area contributed by atoms with Crippen LogP contribution in [0.3, 0.4) is 0 Å². The summed E-state index contributed by atoms with van der Waals surface area (Å²) in [4.78, 5) is 47.4. The number of rotatable bonds is 6. The van der Waals surface area contributed by atoms with Gasteiger partial charge in [0.25, 0.3) is 5.91 Å². The normalized spacial score (nSPS) is 15.1. The van der Waals surface area contributed by atoms with Crippen molar-refractivity contribution in [1.82, 2.24) is 15.2 Å². The summed E-state index contributed by atoms with van der Waals surface area (Å²) < 4.78 is 5.88. The van der Waals surface area contributed by atoms with Crippen molar-refractivity contribution in [3.8, 4) is 11.5 Å². The highest BCUT2D eigenvalue weighted by atomic mass is 32.1. The quantitative estimate of drug-likeness (QED) is 0.307. The van der Waals surface area contributed by atoms with Crippen LogP contribution in [0.4, 0.5) is 21.9 Å². The molecule has 39 heavy (non-hydrogen) atoms. The summed E-state index contributed by atoms with van der Waals surface area (Å²) in [6.45, 7) is 4.65. The van der Waals surface area contributed by atoms with Crippen molar-refractivity contribution in [2.45, 2.75) is 18.9 Å². The van der Waals surface area contributed by atoms with Crippen LogP contribution in [-0.2, 0) is 4.79 Å². The monoisotopic (exact) mass is 539 g/mol. The zero-order valence-corrected chi connectivity index (χ0v) is 21.7. The SMILES string of the molecule is C=CC(=O)N1CCC(NC(=O)c2sc3nccc4c3c2NC(=O)N4c2ccc(Oc3ccccc3)cc2)CC1. The molecular formula is C29H25N5O4S. The van der Waals surface area contributed by atoms with Gasteiger partial charge in [-0.2, -0.15) is 0 Å². The smallest absolute Gasteiger partial charge is 0.331 e. The number of anilines is 3. The van der Waals surface area contributed by atoms with Crippen LogP contribution in [0.1, 0.15) is 22.5 Å². The van der Waals surface area contributed by atoms with Gasteiger partial charge in [0.05, 0.1) is 22.4 Å². The highest BCUT2D eigenvalue weighted by Gasteiger charge is 2.33. The van der Waals surface area contributed by atoms with Gasteiger partial charge >= 0.3 is 6.03 Å². The molecule has 1 saturated heterocycles. The van der Waals surface area contributed by atoms with E-state index in [-0.39, 0.29) is 23.9 Å². The van der Waals surface area contributed by atoms with Crippen LogP contribution in [0.5, 0.6) is 11.5 Å². The zero-order valence-electron chi connectivity index (χ0n) is 20.9. The number of hydrogen-bond donors (Lipinski definition) is 2. The zero-order chi connectivity index (χ0) is 26.9. The molecule has 2 aliphatic heterocycles. The number of para-hydroxylation sites is 1. The standard InChI is InChI=1S/C29H25N5O4S/c1-2-23(35)33-16-13-18(14-17-33)31-27(36)26-25-24-22(12-15-30-28(24)39-26)34(29(37)32-25)19-8-10-21(11-9-19)38-20-6-4-3-5-7-20/h2-12,15,18H,1,13-14,16-17H2,(H,31,36)(H,32,37). The van der Waals surface area contributed by atoms with Gasteiger partial charge in [0, 0.05) is 25.3 Å². The lowest BCUT2D eigenvalue weighted by molar-refractivity contribution is -0.127. The molecule has 2 aromatic carbocycles. The minimum atomic E-state index is -0.365. The van der Waals surface area contributed by atoms with E-state index in [1.54, 1.807) is 22.1 Å². The number of ether oxygens (including phenoxy) is 1. The van der Waals surface area contributed by atoms with E-state index in [0.717, 1.165) is 11.1 Å². The number of aromatic nitrogens is 1. The first-order valence-electron chi connectivity index (χ1n) is 12.6. The first-order valence-corrected chi connectivity index (χ1v) is 13.4. The van der Waals surface area contributed by atoms with Gasteiger partial charge in [-0.25, -0.2) is 9.78 Å². The molecule has 2 aliphatic rings. The maximum atomic E-state index is 13.4. The molecule has 0 radical (unpaired) electrons. The van der Waals surface area contributed by atoms with Crippen LogP contribution in [0.25, 0.3) is 10.2 Å². The van der Waals surface area contributed by atoms with E-state index in [1.165, 1.54) is 17.4 Å². The van der Waals surface area contributed by atoms with E-state index >= 15 is 0 Å². The Bertz CT molecular complexity index is 1580. The van der Waals surface area contributed by atoms with Crippen molar-refractivity contribution in [2.75, 3.05) is 23.3 Å². The second kappa shape index (κ2) is 10.2. The predicted octanol–water partition coefficient (Wildman–Crippen LogP) is 5.68. The molecule has 9 nitrogen and oxygen atoms in total. The minimum absolute atomic E-state index is 0.0661. The number of benzene rings is 2. The Hall–Kier alpha value is -4.70. The largest absolute Gasteiger partial charge is 0.457 e. The second-order valence-corrected chi connectivity index (χ2v) is 10.3. The van der Waals surface area contributed by atoms with Gasteiger partial charge in [-0.05, 0) is 61.4 Å². The number of carbonyl (C=O) groups excluding carboxylic acids is 3. The molecule has 0 saturated carbocycles. The number of nitrogens with zero attached hydrogens (tertiary/aromatic N) is 3. The van der Waals surface area contributed by atoms with Gasteiger partial charge in [0.15, 0.2) is 0 Å². The summed E-state index contributed by atoms with van der Waals surface area (Å²) in [7, 11) is 0. The van der Waals surface area contributed by atoms with Crippen molar-refractivity contribution < 1.29 is 19.1 Å². The highest BCUT2D eigenvalue weighted by molar-refractivity contribution is 7.21. The summed E-state index contributed by atoms with van der Waals surface area (Å²) in [5.74, 6) is 1.01. The molecule has 0 aliphatic carbocycles. The van der Waals surface area contributed by atoms with Crippen LogP contribution >= 0.6 is 11.3 Å². The van der Waals surface area contributed by atoms with E-state index in [4.69, 9.17) is 4.74 Å². The van der Waals surface area contributed by atoms with E-state index in [9.17, 15) is 14.4 Å². The third kappa shape index (κ3) is 4.70. The molecule has 4 heterocycles. The van der Waals surface area contributed by atoms with Crippen molar-refractivity contribution in [3.63, 3.8) is 0 Å². The summed E-state index contributed by atoms with van der Waals surface area (Å²) in [6, 6.07) is 18.1. The molecule has 4 aromatic rings. The lowest BCUT2D eigenvalue weighted by atomic mass is 10.0. The molecule has 2 N–H and O–H groups in total. The third-order valence-electron chi connectivity index (χ3n) is 6.84. The molecule has 4 amide bonds. The number of pyridine rings is 1. The first kappa shape index (κ1) is 24.6. The molecule has 2 aromatic heterocycles. The Morgan fingerprint density at radius 2 is 1.77 bits per heavy atom. The van der Waals surface area contributed by atoms with Crippen LogP contribution < -0.4 is 20.3 Å². The number of thiophene rings is 1. The third-order valence-corrected chi connectivity index (χ3v) is 7.94. The highest BCUT2D eigenvalue weighted by Crippen LogP contribution is 2.45. The van der Waals surface area contributed by atoms with Crippen molar-refractivity contribution in [3.05, 3.63) is 84.4 Å². The summed E-state index contributed by atoms with van der Waals surface area (Å²) in [5, 5.41) is 6.73. The number of urea groups is 1. The van der Waals surface area contributed by atoms with Crippen LogP contribution in [0.15, 0.2) is 79.5 Å². The molecule has 6 rings (SSSR count). The number of hydrogen-bond acceptors (Lipinski definition) is 6. The van der Waals surface area contributed by atoms with Gasteiger partial charge in [0.1, 0.15) is 21.2 Å². The number of nitrogens with one attached hydrogen (secondary N) is 2. The van der Waals surface area contributed by atoms with Crippen molar-refractivity contribution in [2.24, 2.45) is 0 Å². The molecule has 196 valence electrons. The van der Waals surface area contributed by atoms with E-state index < -0.39 is 0 Å². The van der Waals surface area contributed by atoms with Crippen molar-refractivity contribution in [1.29, 1.82) is 0 Å². The minimum Gasteiger partial charge on any atom is -0.457 e. The van der Waals surface area contributed by atoms with Crippen LogP contribution in [0.2, 0.25) is 0 Å². The first-order chi connectivity index (χ1) is 19.0. The Balaban J connectivity index is 1.24. The predicted molar refractivity (Wildman–Crippen MR) is 151 cm³/mol. The maximum absolute atomic E-state index is 13.4. The average molecular weight is 540 g/mol. The Morgan fingerprint density at radius 3 is 2.49 bits per heavy atom. The van der Waals surface area contributed by atoms with Gasteiger partial charge in [0.2, 0.25) is 5.91 Å². The fraction of sp³-hybridized carbons (Fsp3) is 0.172. The van der Waals surface area contributed by atoms with E-state index in [1.807, 2.05) is 54.6 Å². The van der Waals surface area contributed by atoms with Gasteiger partial charge in [-0.15, -0.1) is 11.3 Å². The number of amides is 4.